The molecule has 1 aromatic heterocycles. The van der Waals surface area contributed by atoms with Crippen LogP contribution < -0.4 is 10.1 Å². The fourth-order valence-corrected chi connectivity index (χ4v) is 1.59. The molecule has 20 heavy (non-hydrogen) atoms. The highest BCUT2D eigenvalue weighted by molar-refractivity contribution is 5.77. The number of H-pyrrole nitrogens is 1. The van der Waals surface area contributed by atoms with Gasteiger partial charge < -0.3 is 15.0 Å². The van der Waals surface area contributed by atoms with Crippen LogP contribution in [0.4, 0.5) is 5.69 Å². The first-order chi connectivity index (χ1) is 9.66. The van der Waals surface area contributed by atoms with Crippen LogP contribution in [0.2, 0.25) is 0 Å². The number of aromatic amines is 1. The number of benzene rings is 1. The van der Waals surface area contributed by atoms with E-state index < -0.39 is 4.92 Å². The van der Waals surface area contributed by atoms with E-state index >= 15 is 0 Å². The quantitative estimate of drug-likeness (QED) is 0.618. The van der Waals surface area contributed by atoms with Crippen LogP contribution in [0.15, 0.2) is 42.7 Å². The number of hydrogen-bond donors (Lipinski definition) is 2. The Bertz CT molecular complexity index is 595. The molecule has 7 heteroatoms. The molecule has 2 aromatic rings. The van der Waals surface area contributed by atoms with Crippen molar-refractivity contribution in [3.8, 4) is 5.75 Å². The van der Waals surface area contributed by atoms with Gasteiger partial charge in [0.25, 0.3) is 5.91 Å². The van der Waals surface area contributed by atoms with Gasteiger partial charge in [0.05, 0.1) is 4.92 Å². The molecular weight excluding hydrogens is 262 g/mol. The fourth-order valence-electron chi connectivity index (χ4n) is 1.59. The lowest BCUT2D eigenvalue weighted by Gasteiger charge is -2.07. The highest BCUT2D eigenvalue weighted by atomic mass is 16.6. The number of nitro groups is 1. The van der Waals surface area contributed by atoms with Crippen molar-refractivity contribution < 1.29 is 14.5 Å². The lowest BCUT2D eigenvalue weighted by atomic mass is 10.3. The summed E-state index contributed by atoms with van der Waals surface area (Å²) in [5, 5.41) is 13.4. The van der Waals surface area contributed by atoms with E-state index in [1.165, 1.54) is 18.2 Å². The fraction of sp³-hybridized carbons (Fsp3) is 0.154. The minimum absolute atomic E-state index is 0.0781. The molecule has 7 nitrogen and oxygen atoms in total. The third-order valence-corrected chi connectivity index (χ3v) is 2.57. The lowest BCUT2D eigenvalue weighted by molar-refractivity contribution is -0.385. The van der Waals surface area contributed by atoms with Crippen LogP contribution >= 0.6 is 0 Å². The Morgan fingerprint density at radius 3 is 2.85 bits per heavy atom. The predicted octanol–water partition coefficient (Wildman–Crippen LogP) is 1.62. The molecule has 2 rings (SSSR count). The van der Waals surface area contributed by atoms with Crippen LogP contribution in [-0.4, -0.2) is 22.4 Å². The molecule has 2 N–H and O–H groups in total. The molecule has 0 spiro atoms. The van der Waals surface area contributed by atoms with Crippen molar-refractivity contribution in [3.63, 3.8) is 0 Å². The van der Waals surface area contributed by atoms with Crippen LogP contribution in [0.1, 0.15) is 5.56 Å². The van der Waals surface area contributed by atoms with E-state index in [4.69, 9.17) is 4.74 Å². The summed E-state index contributed by atoms with van der Waals surface area (Å²) >= 11 is 0. The molecule has 0 aliphatic rings. The average molecular weight is 275 g/mol. The Morgan fingerprint density at radius 1 is 1.35 bits per heavy atom. The highest BCUT2D eigenvalue weighted by Gasteiger charge is 2.14. The second-order valence-corrected chi connectivity index (χ2v) is 4.01. The summed E-state index contributed by atoms with van der Waals surface area (Å²) in [5.74, 6) is -0.265. The van der Waals surface area contributed by atoms with Crippen molar-refractivity contribution in [3.05, 3.63) is 58.4 Å². The molecule has 1 amide bonds. The van der Waals surface area contributed by atoms with Crippen molar-refractivity contribution in [1.82, 2.24) is 10.3 Å². The van der Waals surface area contributed by atoms with Gasteiger partial charge in [-0.3, -0.25) is 14.9 Å². The van der Waals surface area contributed by atoms with E-state index in [9.17, 15) is 14.9 Å². The minimum Gasteiger partial charge on any atom is -0.477 e. The van der Waals surface area contributed by atoms with E-state index in [1.807, 2.05) is 6.07 Å². The normalized spacial score (nSPS) is 10.0. The Labute approximate surface area is 114 Å². The number of nitrogens with one attached hydrogen (secondary N) is 2. The van der Waals surface area contributed by atoms with E-state index in [0.29, 0.717) is 6.54 Å². The Kier molecular flexibility index (Phi) is 4.33. The molecule has 1 heterocycles. The summed E-state index contributed by atoms with van der Waals surface area (Å²) in [6.07, 6.45) is 3.52. The Morgan fingerprint density at radius 2 is 2.15 bits per heavy atom. The summed E-state index contributed by atoms with van der Waals surface area (Å²) < 4.78 is 5.17. The Balaban J connectivity index is 1.85. The van der Waals surface area contributed by atoms with Crippen LogP contribution in [0.5, 0.6) is 5.75 Å². The number of amides is 1. The van der Waals surface area contributed by atoms with Gasteiger partial charge in [0.15, 0.2) is 12.4 Å². The summed E-state index contributed by atoms with van der Waals surface area (Å²) in [5.41, 5.74) is 0.773. The molecule has 0 unspecified atom stereocenters. The van der Waals surface area contributed by atoms with Gasteiger partial charge in [-0.15, -0.1) is 0 Å². The second kappa shape index (κ2) is 6.37. The number of nitro benzene ring substituents is 1. The summed E-state index contributed by atoms with van der Waals surface area (Å²) in [4.78, 5) is 24.7. The van der Waals surface area contributed by atoms with Crippen molar-refractivity contribution in [2.75, 3.05) is 6.61 Å². The van der Waals surface area contributed by atoms with Gasteiger partial charge in [0.1, 0.15) is 0 Å². The smallest absolute Gasteiger partial charge is 0.310 e. The number of ether oxygens (including phenoxy) is 1. The standard InChI is InChI=1S/C13H13N3O4/c17-13(15-8-10-5-6-14-7-10)9-20-12-4-2-1-3-11(12)16(18)19/h1-7,14H,8-9H2,(H,15,17). The number of aromatic nitrogens is 1. The zero-order chi connectivity index (χ0) is 14.4. The predicted molar refractivity (Wildman–Crippen MR) is 71.2 cm³/mol. The number of nitrogens with zero attached hydrogens (tertiary/aromatic N) is 1. The van der Waals surface area contributed by atoms with Crippen LogP contribution in [-0.2, 0) is 11.3 Å². The number of carbonyl (C=O) groups is 1. The molecule has 0 saturated heterocycles. The maximum absolute atomic E-state index is 11.6. The van der Waals surface area contributed by atoms with Gasteiger partial charge >= 0.3 is 5.69 Å². The van der Waals surface area contributed by atoms with Crippen molar-refractivity contribution in [1.29, 1.82) is 0 Å². The van der Waals surface area contributed by atoms with Gasteiger partial charge in [-0.1, -0.05) is 12.1 Å². The van der Waals surface area contributed by atoms with E-state index in [0.717, 1.165) is 5.56 Å². The molecule has 0 aliphatic carbocycles. The summed E-state index contributed by atoms with van der Waals surface area (Å²) in [6.45, 7) is 0.109. The first-order valence-corrected chi connectivity index (χ1v) is 5.91. The lowest BCUT2D eigenvalue weighted by Crippen LogP contribution is -2.28. The van der Waals surface area contributed by atoms with Crippen LogP contribution in [0.25, 0.3) is 0 Å². The molecule has 1 aromatic carbocycles. The van der Waals surface area contributed by atoms with Gasteiger partial charge in [0.2, 0.25) is 0 Å². The first kappa shape index (κ1) is 13.6. The zero-order valence-corrected chi connectivity index (χ0v) is 10.5. The zero-order valence-electron chi connectivity index (χ0n) is 10.5. The number of hydrogen-bond acceptors (Lipinski definition) is 4. The number of carbonyl (C=O) groups excluding carboxylic acids is 1. The third kappa shape index (κ3) is 3.58. The number of para-hydroxylation sites is 2. The van der Waals surface area contributed by atoms with E-state index in [1.54, 1.807) is 18.5 Å². The molecule has 0 radical (unpaired) electrons. The summed E-state index contributed by atoms with van der Waals surface area (Å²) in [7, 11) is 0. The average Bonchev–Trinajstić information content (AvgIpc) is 2.96. The highest BCUT2D eigenvalue weighted by Crippen LogP contribution is 2.25. The number of rotatable bonds is 6. The van der Waals surface area contributed by atoms with Gasteiger partial charge in [0, 0.05) is 25.0 Å². The maximum atomic E-state index is 11.6. The molecule has 0 bridgehead atoms. The van der Waals surface area contributed by atoms with Crippen LogP contribution in [0.3, 0.4) is 0 Å². The third-order valence-electron chi connectivity index (χ3n) is 2.57. The molecule has 104 valence electrons. The molecule has 0 atom stereocenters. The van der Waals surface area contributed by atoms with Gasteiger partial charge in [-0.05, 0) is 17.7 Å². The van der Waals surface area contributed by atoms with Gasteiger partial charge in [-0.25, -0.2) is 0 Å². The maximum Gasteiger partial charge on any atom is 0.310 e. The molecule has 0 saturated carbocycles. The van der Waals surface area contributed by atoms with Crippen molar-refractivity contribution in [2.24, 2.45) is 0 Å². The Hall–Kier alpha value is -2.83. The van der Waals surface area contributed by atoms with Crippen LogP contribution in [0, 0.1) is 10.1 Å². The molecule has 0 fully saturated rings. The molecular formula is C13H13N3O4. The topological polar surface area (TPSA) is 97.3 Å². The largest absolute Gasteiger partial charge is 0.477 e. The second-order valence-electron chi connectivity index (χ2n) is 4.01. The first-order valence-electron chi connectivity index (χ1n) is 5.91. The summed E-state index contributed by atoms with van der Waals surface area (Å²) in [6, 6.07) is 7.77. The van der Waals surface area contributed by atoms with E-state index in [-0.39, 0.29) is 24.0 Å². The monoisotopic (exact) mass is 275 g/mol. The van der Waals surface area contributed by atoms with Gasteiger partial charge in [-0.2, -0.15) is 0 Å². The van der Waals surface area contributed by atoms with Crippen molar-refractivity contribution in [2.45, 2.75) is 6.54 Å². The minimum atomic E-state index is -0.549. The van der Waals surface area contributed by atoms with Crippen molar-refractivity contribution >= 4 is 11.6 Å². The van der Waals surface area contributed by atoms with E-state index in [2.05, 4.69) is 10.3 Å². The SMILES string of the molecule is O=C(COc1ccccc1[N+](=O)[O-])NCc1cc[nH]c1. The molecule has 0 aliphatic heterocycles.